The molecule has 1 aliphatic heterocycles. The zero-order chi connectivity index (χ0) is 23.7. The molecule has 2 atom stereocenters. The number of aromatic amines is 1. The van der Waals surface area contributed by atoms with Gasteiger partial charge in [-0.1, -0.05) is 24.4 Å². The fourth-order valence-electron chi connectivity index (χ4n) is 4.84. The molecular formula is C24H28ClN5O3S. The summed E-state index contributed by atoms with van der Waals surface area (Å²) in [5.41, 5.74) is 7.68. The van der Waals surface area contributed by atoms with Crippen LogP contribution in [-0.4, -0.2) is 64.4 Å². The van der Waals surface area contributed by atoms with Crippen LogP contribution in [0.5, 0.6) is 0 Å². The third-order valence-corrected chi connectivity index (χ3v) is 7.87. The minimum absolute atomic E-state index is 0.197. The predicted molar refractivity (Wildman–Crippen MR) is 132 cm³/mol. The second-order valence-electron chi connectivity index (χ2n) is 9.09. The van der Waals surface area contributed by atoms with E-state index in [1.54, 1.807) is 12.1 Å². The smallest absolute Gasteiger partial charge is 0.280 e. The number of ether oxygens (including phenoxy) is 1. The lowest BCUT2D eigenvalue weighted by Gasteiger charge is -2.39. The number of thiazole rings is 1. The van der Waals surface area contributed by atoms with Crippen LogP contribution >= 0.6 is 22.9 Å². The zero-order valence-corrected chi connectivity index (χ0v) is 20.4. The number of hydrogen-bond donors (Lipinski definition) is 3. The number of nitrogens with one attached hydrogen (secondary N) is 2. The summed E-state index contributed by atoms with van der Waals surface area (Å²) in [6.07, 6.45) is 2.89. The van der Waals surface area contributed by atoms with Crippen molar-refractivity contribution < 1.29 is 14.3 Å². The van der Waals surface area contributed by atoms with E-state index >= 15 is 0 Å². The number of nitrogens with two attached hydrogens (primary N) is 1. The Bertz CT molecular complexity index is 1200. The van der Waals surface area contributed by atoms with Gasteiger partial charge in [0.1, 0.15) is 5.54 Å². The number of halogens is 1. The third kappa shape index (κ3) is 4.76. The van der Waals surface area contributed by atoms with Crippen molar-refractivity contribution >= 4 is 45.5 Å². The molecule has 4 N–H and O–H groups in total. The largest absolute Gasteiger partial charge is 0.379 e. The Morgan fingerprint density at radius 1 is 1.29 bits per heavy atom. The molecule has 34 heavy (non-hydrogen) atoms. The number of fused-ring (bicyclic) bond motifs is 1. The fraction of sp³-hybridized carbons (Fsp3) is 0.458. The Morgan fingerprint density at radius 2 is 2.12 bits per heavy atom. The van der Waals surface area contributed by atoms with E-state index in [1.165, 1.54) is 11.3 Å². The van der Waals surface area contributed by atoms with Crippen molar-refractivity contribution in [2.24, 2.45) is 5.73 Å². The molecule has 1 aromatic carbocycles. The van der Waals surface area contributed by atoms with Crippen LogP contribution in [0.2, 0.25) is 5.02 Å². The highest BCUT2D eigenvalue weighted by atomic mass is 35.5. The van der Waals surface area contributed by atoms with Gasteiger partial charge in [-0.05, 0) is 37.1 Å². The first-order valence-electron chi connectivity index (χ1n) is 11.6. The zero-order valence-electron chi connectivity index (χ0n) is 18.8. The highest BCUT2D eigenvalue weighted by Crippen LogP contribution is 2.31. The Morgan fingerprint density at radius 3 is 2.94 bits per heavy atom. The monoisotopic (exact) mass is 501 g/mol. The molecule has 10 heteroatoms. The van der Waals surface area contributed by atoms with E-state index in [9.17, 15) is 9.59 Å². The number of morpholine rings is 1. The topological polar surface area (TPSA) is 113 Å². The molecule has 3 aromatic rings. The summed E-state index contributed by atoms with van der Waals surface area (Å²) in [4.78, 5) is 36.6. The van der Waals surface area contributed by atoms with Crippen LogP contribution in [-0.2, 0) is 11.3 Å². The number of carbonyl (C=O) groups excluding carboxylic acids is 2. The van der Waals surface area contributed by atoms with Crippen molar-refractivity contribution in [1.82, 2.24) is 20.2 Å². The van der Waals surface area contributed by atoms with E-state index in [0.717, 1.165) is 55.7 Å². The van der Waals surface area contributed by atoms with Crippen molar-refractivity contribution in [2.45, 2.75) is 43.8 Å². The lowest BCUT2D eigenvalue weighted by molar-refractivity contribution is 0.0337. The first kappa shape index (κ1) is 23.4. The number of aromatic nitrogens is 2. The molecule has 8 nitrogen and oxygen atoms in total. The van der Waals surface area contributed by atoms with Gasteiger partial charge < -0.3 is 20.8 Å². The molecule has 2 fully saturated rings. The maximum Gasteiger partial charge on any atom is 0.280 e. The van der Waals surface area contributed by atoms with Crippen molar-refractivity contribution in [3.05, 3.63) is 51.1 Å². The molecule has 1 saturated heterocycles. The number of nitrogens with zero attached hydrogens (tertiary/aromatic N) is 2. The van der Waals surface area contributed by atoms with Crippen LogP contribution in [0.1, 0.15) is 51.7 Å². The highest BCUT2D eigenvalue weighted by molar-refractivity contribution is 7.11. The first-order valence-corrected chi connectivity index (χ1v) is 12.9. The van der Waals surface area contributed by atoms with Crippen LogP contribution in [0.25, 0.3) is 10.9 Å². The van der Waals surface area contributed by atoms with Crippen molar-refractivity contribution in [1.29, 1.82) is 0 Å². The van der Waals surface area contributed by atoms with Gasteiger partial charge in [-0.2, -0.15) is 0 Å². The Labute approximate surface area is 206 Å². The van der Waals surface area contributed by atoms with Gasteiger partial charge in [0.15, 0.2) is 5.01 Å². The summed E-state index contributed by atoms with van der Waals surface area (Å²) in [7, 11) is 0. The number of amides is 1. The molecule has 1 amide bonds. The van der Waals surface area contributed by atoms with Gasteiger partial charge in [0.25, 0.3) is 5.91 Å². The molecule has 5 rings (SSSR count). The maximum atomic E-state index is 13.6. The number of rotatable bonds is 6. The van der Waals surface area contributed by atoms with E-state index < -0.39 is 11.6 Å². The summed E-state index contributed by atoms with van der Waals surface area (Å²) in [6.45, 7) is 3.85. The third-order valence-electron chi connectivity index (χ3n) is 6.75. The van der Waals surface area contributed by atoms with Crippen LogP contribution in [0.15, 0.2) is 29.6 Å². The van der Waals surface area contributed by atoms with Gasteiger partial charge in [0.2, 0.25) is 5.78 Å². The quantitative estimate of drug-likeness (QED) is 0.446. The number of hydrogen-bond acceptors (Lipinski definition) is 7. The lowest BCUT2D eigenvalue weighted by Crippen LogP contribution is -2.64. The van der Waals surface area contributed by atoms with E-state index in [0.29, 0.717) is 35.1 Å². The van der Waals surface area contributed by atoms with E-state index in [1.807, 2.05) is 17.5 Å². The van der Waals surface area contributed by atoms with Crippen LogP contribution < -0.4 is 11.1 Å². The first-order chi connectivity index (χ1) is 16.4. The molecule has 2 unspecified atom stereocenters. The van der Waals surface area contributed by atoms with Crippen molar-refractivity contribution in [3.8, 4) is 0 Å². The molecular weight excluding hydrogens is 474 g/mol. The normalized spacial score (nSPS) is 23.8. The molecule has 0 radical (unpaired) electrons. The maximum absolute atomic E-state index is 13.6. The highest BCUT2D eigenvalue weighted by Gasteiger charge is 2.45. The number of ketones is 1. The minimum Gasteiger partial charge on any atom is -0.379 e. The van der Waals surface area contributed by atoms with Gasteiger partial charge >= 0.3 is 0 Å². The van der Waals surface area contributed by atoms with Crippen molar-refractivity contribution in [2.75, 3.05) is 26.3 Å². The molecule has 0 spiro atoms. The van der Waals surface area contributed by atoms with Crippen LogP contribution in [0.3, 0.4) is 0 Å². The second kappa shape index (κ2) is 9.75. The molecule has 180 valence electrons. The SMILES string of the molecule is NC1(C(=O)c2cc3cc(Cl)ccc3[nH]2)CCCCC1NC(=O)c1nc(CN2CCOCC2)cs1. The van der Waals surface area contributed by atoms with E-state index in [2.05, 4.69) is 20.2 Å². The summed E-state index contributed by atoms with van der Waals surface area (Å²) in [5.74, 6) is -0.479. The Hall–Kier alpha value is -2.30. The van der Waals surface area contributed by atoms with E-state index in [-0.39, 0.29) is 11.7 Å². The van der Waals surface area contributed by atoms with Crippen LogP contribution in [0, 0.1) is 0 Å². The van der Waals surface area contributed by atoms with Gasteiger partial charge in [0.05, 0.1) is 30.6 Å². The lowest BCUT2D eigenvalue weighted by atomic mass is 9.74. The molecule has 3 heterocycles. The second-order valence-corrected chi connectivity index (χ2v) is 10.4. The Kier molecular flexibility index (Phi) is 6.72. The summed E-state index contributed by atoms with van der Waals surface area (Å²) in [5, 5.41) is 6.80. The summed E-state index contributed by atoms with van der Waals surface area (Å²) in [6, 6.07) is 6.74. The average molecular weight is 502 g/mol. The van der Waals surface area contributed by atoms with Gasteiger partial charge in [0, 0.05) is 40.9 Å². The molecule has 2 aliphatic rings. The van der Waals surface area contributed by atoms with Crippen molar-refractivity contribution in [3.63, 3.8) is 0 Å². The number of H-pyrrole nitrogens is 1. The minimum atomic E-state index is -1.19. The van der Waals surface area contributed by atoms with Gasteiger partial charge in [-0.3, -0.25) is 14.5 Å². The standard InChI is InChI=1S/C24H28ClN5O3S/c25-16-4-5-18-15(11-16)12-19(28-18)21(31)24(26)6-2-1-3-20(24)29-22(32)23-27-17(14-34-23)13-30-7-9-33-10-8-30/h4-5,11-12,14,20,28H,1-3,6-10,13,26H2,(H,29,32). The number of benzene rings is 1. The molecule has 1 saturated carbocycles. The number of carbonyl (C=O) groups is 2. The fourth-order valence-corrected chi connectivity index (χ4v) is 5.73. The average Bonchev–Trinajstić information content (AvgIpc) is 3.47. The van der Waals surface area contributed by atoms with Crippen LogP contribution in [0.4, 0.5) is 0 Å². The number of Topliss-reactive ketones (excluding diaryl/α,β-unsaturated/α-hetero) is 1. The molecule has 1 aliphatic carbocycles. The van der Waals surface area contributed by atoms with Gasteiger partial charge in [-0.15, -0.1) is 11.3 Å². The molecule has 0 bridgehead atoms. The Balaban J connectivity index is 1.30. The summed E-state index contributed by atoms with van der Waals surface area (Å²) >= 11 is 7.41. The summed E-state index contributed by atoms with van der Waals surface area (Å²) < 4.78 is 5.39. The predicted octanol–water partition coefficient (Wildman–Crippen LogP) is 3.36. The van der Waals surface area contributed by atoms with Gasteiger partial charge in [-0.25, -0.2) is 4.98 Å². The van der Waals surface area contributed by atoms with E-state index in [4.69, 9.17) is 22.1 Å². The molecule has 2 aromatic heterocycles.